The van der Waals surface area contributed by atoms with Crippen LogP contribution in [0.1, 0.15) is 26.2 Å². The molecule has 0 aromatic heterocycles. The van der Waals surface area contributed by atoms with Crippen molar-refractivity contribution >= 4 is 18.1 Å². The number of ether oxygens (including phenoxy) is 2. The Labute approximate surface area is 129 Å². The van der Waals surface area contributed by atoms with Gasteiger partial charge in [-0.25, -0.2) is 9.59 Å². The Bertz CT molecular complexity index is 429. The SMILES string of the molecule is CCOC(=O)N[C@@H]1CCCN(C(=O)CCN2CCOC2=O)C1. The summed E-state index contributed by atoms with van der Waals surface area (Å²) in [7, 11) is 0. The molecule has 2 fully saturated rings. The topological polar surface area (TPSA) is 88.2 Å². The van der Waals surface area contributed by atoms with E-state index in [2.05, 4.69) is 5.32 Å². The highest BCUT2D eigenvalue weighted by Gasteiger charge is 2.27. The van der Waals surface area contributed by atoms with Crippen LogP contribution in [-0.2, 0) is 14.3 Å². The molecule has 3 amide bonds. The number of hydrogen-bond donors (Lipinski definition) is 1. The van der Waals surface area contributed by atoms with E-state index in [-0.39, 0.29) is 24.5 Å². The largest absolute Gasteiger partial charge is 0.450 e. The molecular formula is C14H23N3O5. The minimum absolute atomic E-state index is 0.00458. The maximum atomic E-state index is 12.2. The van der Waals surface area contributed by atoms with Crippen molar-refractivity contribution in [1.82, 2.24) is 15.1 Å². The van der Waals surface area contributed by atoms with Gasteiger partial charge in [0.15, 0.2) is 0 Å². The zero-order valence-corrected chi connectivity index (χ0v) is 12.9. The van der Waals surface area contributed by atoms with E-state index in [1.807, 2.05) is 0 Å². The van der Waals surface area contributed by atoms with Gasteiger partial charge in [0.05, 0.1) is 13.2 Å². The van der Waals surface area contributed by atoms with Gasteiger partial charge < -0.3 is 24.6 Å². The third-order valence-electron chi connectivity index (χ3n) is 3.81. The Hall–Kier alpha value is -1.99. The molecule has 8 nitrogen and oxygen atoms in total. The predicted molar refractivity (Wildman–Crippen MR) is 77.3 cm³/mol. The summed E-state index contributed by atoms with van der Waals surface area (Å²) in [4.78, 5) is 38.2. The van der Waals surface area contributed by atoms with Crippen molar-refractivity contribution in [2.75, 3.05) is 39.4 Å². The average Bonchev–Trinajstić information content (AvgIpc) is 2.90. The van der Waals surface area contributed by atoms with Crippen LogP contribution in [0.25, 0.3) is 0 Å². The molecule has 0 unspecified atom stereocenters. The first-order valence-electron chi connectivity index (χ1n) is 7.73. The van der Waals surface area contributed by atoms with Crippen molar-refractivity contribution in [3.8, 4) is 0 Å². The number of rotatable bonds is 5. The Morgan fingerprint density at radius 3 is 2.91 bits per heavy atom. The molecule has 1 N–H and O–H groups in total. The second-order valence-corrected chi connectivity index (χ2v) is 5.40. The van der Waals surface area contributed by atoms with Crippen LogP contribution < -0.4 is 5.32 Å². The number of alkyl carbamates (subject to hydrolysis) is 1. The van der Waals surface area contributed by atoms with Gasteiger partial charge in [0.25, 0.3) is 0 Å². The molecule has 0 aromatic carbocycles. The highest BCUT2D eigenvalue weighted by atomic mass is 16.6. The zero-order valence-electron chi connectivity index (χ0n) is 12.9. The van der Waals surface area contributed by atoms with E-state index in [9.17, 15) is 14.4 Å². The van der Waals surface area contributed by atoms with Crippen LogP contribution in [0.5, 0.6) is 0 Å². The lowest BCUT2D eigenvalue weighted by Gasteiger charge is -2.33. The highest BCUT2D eigenvalue weighted by molar-refractivity contribution is 5.77. The standard InChI is InChI=1S/C14H23N3O5/c1-2-21-13(19)15-11-4-3-6-17(10-11)12(18)5-7-16-8-9-22-14(16)20/h11H,2-10H2,1H3,(H,15,19)/t11-/m1/s1. The summed E-state index contributed by atoms with van der Waals surface area (Å²) in [5, 5.41) is 2.77. The first-order chi connectivity index (χ1) is 10.6. The number of hydrogen-bond acceptors (Lipinski definition) is 5. The molecule has 0 saturated carbocycles. The Balaban J connectivity index is 1.74. The van der Waals surface area contributed by atoms with Crippen molar-refractivity contribution < 1.29 is 23.9 Å². The molecule has 2 rings (SSSR count). The van der Waals surface area contributed by atoms with E-state index in [1.54, 1.807) is 11.8 Å². The molecule has 124 valence electrons. The molecule has 2 heterocycles. The van der Waals surface area contributed by atoms with Crippen molar-refractivity contribution in [3.63, 3.8) is 0 Å². The third kappa shape index (κ3) is 4.51. The molecule has 2 aliphatic rings. The van der Waals surface area contributed by atoms with Crippen LogP contribution >= 0.6 is 0 Å². The van der Waals surface area contributed by atoms with Gasteiger partial charge in [-0.05, 0) is 19.8 Å². The number of cyclic esters (lactones) is 1. The van der Waals surface area contributed by atoms with Crippen molar-refractivity contribution in [3.05, 3.63) is 0 Å². The van der Waals surface area contributed by atoms with Crippen molar-refractivity contribution in [1.29, 1.82) is 0 Å². The molecule has 0 spiro atoms. The maximum Gasteiger partial charge on any atom is 0.409 e. The molecule has 1 atom stereocenters. The van der Waals surface area contributed by atoms with Gasteiger partial charge in [-0.15, -0.1) is 0 Å². The third-order valence-corrected chi connectivity index (χ3v) is 3.81. The molecule has 0 aliphatic carbocycles. The second kappa shape index (κ2) is 7.86. The van der Waals surface area contributed by atoms with Crippen LogP contribution in [0.3, 0.4) is 0 Å². The van der Waals surface area contributed by atoms with Gasteiger partial charge in [-0.2, -0.15) is 0 Å². The molecule has 22 heavy (non-hydrogen) atoms. The maximum absolute atomic E-state index is 12.2. The summed E-state index contributed by atoms with van der Waals surface area (Å²) in [6.45, 7) is 4.56. The summed E-state index contributed by atoms with van der Waals surface area (Å²) in [6.07, 6.45) is 1.16. The Kier molecular flexibility index (Phi) is 5.85. The van der Waals surface area contributed by atoms with Crippen molar-refractivity contribution in [2.24, 2.45) is 0 Å². The smallest absolute Gasteiger partial charge is 0.409 e. The minimum Gasteiger partial charge on any atom is -0.450 e. The van der Waals surface area contributed by atoms with Gasteiger partial charge in [-0.3, -0.25) is 4.79 Å². The average molecular weight is 313 g/mol. The first kappa shape index (κ1) is 16.4. The van der Waals surface area contributed by atoms with E-state index in [0.29, 0.717) is 39.4 Å². The summed E-state index contributed by atoms with van der Waals surface area (Å²) >= 11 is 0. The Morgan fingerprint density at radius 1 is 1.41 bits per heavy atom. The molecular weight excluding hydrogens is 290 g/mol. The number of nitrogens with zero attached hydrogens (tertiary/aromatic N) is 2. The van der Waals surface area contributed by atoms with Crippen LogP contribution in [0.15, 0.2) is 0 Å². The van der Waals surface area contributed by atoms with E-state index < -0.39 is 6.09 Å². The summed E-state index contributed by atoms with van der Waals surface area (Å²) in [5.41, 5.74) is 0. The lowest BCUT2D eigenvalue weighted by Crippen LogP contribution is -2.50. The number of nitrogens with one attached hydrogen (secondary N) is 1. The first-order valence-corrected chi connectivity index (χ1v) is 7.73. The lowest BCUT2D eigenvalue weighted by atomic mass is 10.1. The second-order valence-electron chi connectivity index (χ2n) is 5.40. The molecule has 0 radical (unpaired) electrons. The Morgan fingerprint density at radius 2 is 2.23 bits per heavy atom. The van der Waals surface area contributed by atoms with E-state index >= 15 is 0 Å². The fourth-order valence-corrected chi connectivity index (χ4v) is 2.68. The fourth-order valence-electron chi connectivity index (χ4n) is 2.68. The van der Waals surface area contributed by atoms with Gasteiger partial charge in [0.2, 0.25) is 5.91 Å². The van der Waals surface area contributed by atoms with E-state index in [0.717, 1.165) is 12.8 Å². The monoisotopic (exact) mass is 313 g/mol. The normalized spacial score (nSPS) is 21.5. The number of carbonyl (C=O) groups is 3. The van der Waals surface area contributed by atoms with Crippen LogP contribution in [0.2, 0.25) is 0 Å². The number of amides is 3. The van der Waals surface area contributed by atoms with Crippen LogP contribution in [-0.4, -0.2) is 73.3 Å². The zero-order chi connectivity index (χ0) is 15.9. The summed E-state index contributed by atoms with van der Waals surface area (Å²) in [6, 6.07) is -0.0755. The summed E-state index contributed by atoms with van der Waals surface area (Å²) < 4.78 is 9.68. The van der Waals surface area contributed by atoms with Gasteiger partial charge in [-0.1, -0.05) is 0 Å². The number of likely N-dealkylation sites (tertiary alicyclic amines) is 1. The van der Waals surface area contributed by atoms with Gasteiger partial charge in [0, 0.05) is 32.1 Å². The molecule has 0 aromatic rings. The number of piperidine rings is 1. The quantitative estimate of drug-likeness (QED) is 0.801. The molecule has 2 aliphatic heterocycles. The summed E-state index contributed by atoms with van der Waals surface area (Å²) in [5.74, 6) is -0.00458. The molecule has 2 saturated heterocycles. The van der Waals surface area contributed by atoms with E-state index in [1.165, 1.54) is 4.90 Å². The highest BCUT2D eigenvalue weighted by Crippen LogP contribution is 2.12. The van der Waals surface area contributed by atoms with Gasteiger partial charge >= 0.3 is 12.2 Å². The number of carbonyl (C=O) groups excluding carboxylic acids is 3. The lowest BCUT2D eigenvalue weighted by molar-refractivity contribution is -0.132. The molecule has 8 heteroatoms. The van der Waals surface area contributed by atoms with Crippen LogP contribution in [0.4, 0.5) is 9.59 Å². The fraction of sp³-hybridized carbons (Fsp3) is 0.786. The van der Waals surface area contributed by atoms with Crippen LogP contribution in [0, 0.1) is 0 Å². The minimum atomic E-state index is -0.443. The van der Waals surface area contributed by atoms with E-state index in [4.69, 9.17) is 9.47 Å². The predicted octanol–water partition coefficient (Wildman–Crippen LogP) is 0.566. The van der Waals surface area contributed by atoms with Gasteiger partial charge in [0.1, 0.15) is 6.61 Å². The molecule has 0 bridgehead atoms. The van der Waals surface area contributed by atoms with Crippen molar-refractivity contribution in [2.45, 2.75) is 32.2 Å².